The van der Waals surface area contributed by atoms with Crippen molar-refractivity contribution in [3.63, 3.8) is 0 Å². The maximum atomic E-state index is 12.8. The van der Waals surface area contributed by atoms with Gasteiger partial charge in [0.15, 0.2) is 0 Å². The Morgan fingerprint density at radius 3 is 2.70 bits per heavy atom. The summed E-state index contributed by atoms with van der Waals surface area (Å²) in [7, 11) is 0. The fraction of sp³-hybridized carbons (Fsp3) is 0.474. The normalized spacial score (nSPS) is 15.6. The average Bonchev–Trinajstić information content (AvgIpc) is 2.66. The molecule has 0 atom stereocenters. The van der Waals surface area contributed by atoms with E-state index < -0.39 is 11.7 Å². The number of carbonyl (C=O) groups excluding carboxylic acids is 1. The molecular weight excluding hydrogens is 359 g/mol. The molecule has 146 valence electrons. The fourth-order valence-electron chi connectivity index (χ4n) is 2.70. The van der Waals surface area contributed by atoms with Crippen LogP contribution in [0.3, 0.4) is 0 Å². The summed E-state index contributed by atoms with van der Waals surface area (Å²) >= 11 is 0. The number of carbonyl (C=O) groups is 1. The monoisotopic (exact) mass is 381 g/mol. The molecule has 1 amide bonds. The third kappa shape index (κ3) is 7.04. The summed E-state index contributed by atoms with van der Waals surface area (Å²) in [4.78, 5) is 16.2. The number of benzene rings is 1. The summed E-state index contributed by atoms with van der Waals surface area (Å²) in [6.45, 7) is 4.29. The minimum absolute atomic E-state index is 0.201. The van der Waals surface area contributed by atoms with Crippen LogP contribution in [0.5, 0.6) is 0 Å². The van der Waals surface area contributed by atoms with Crippen LogP contribution in [0.2, 0.25) is 0 Å². The molecule has 0 N–H and O–H groups in total. The molecule has 1 aliphatic rings. The molecule has 0 aromatic heterocycles. The summed E-state index contributed by atoms with van der Waals surface area (Å²) in [5.74, 6) is -0.323. The minimum Gasteiger partial charge on any atom is -0.379 e. The molecule has 2 rings (SSSR count). The van der Waals surface area contributed by atoms with Crippen LogP contribution < -0.4 is 0 Å². The molecule has 0 unspecified atom stereocenters. The molecule has 0 aliphatic carbocycles. The second-order valence-electron chi connectivity index (χ2n) is 6.14. The van der Waals surface area contributed by atoms with Crippen molar-refractivity contribution in [2.24, 2.45) is 0 Å². The van der Waals surface area contributed by atoms with E-state index in [0.717, 1.165) is 25.2 Å². The van der Waals surface area contributed by atoms with Gasteiger partial charge in [-0.2, -0.15) is 18.4 Å². The van der Waals surface area contributed by atoms with Crippen molar-refractivity contribution < 1.29 is 22.7 Å². The Bertz CT molecular complexity index is 692. The first-order valence-electron chi connectivity index (χ1n) is 8.71. The maximum Gasteiger partial charge on any atom is 0.416 e. The van der Waals surface area contributed by atoms with Gasteiger partial charge in [-0.1, -0.05) is 12.1 Å². The summed E-state index contributed by atoms with van der Waals surface area (Å²) < 4.78 is 43.6. The molecule has 5 nitrogen and oxygen atoms in total. The van der Waals surface area contributed by atoms with E-state index in [1.165, 1.54) is 24.3 Å². The number of amides is 1. The number of ether oxygens (including phenoxy) is 1. The van der Waals surface area contributed by atoms with Crippen LogP contribution in [0.4, 0.5) is 13.2 Å². The van der Waals surface area contributed by atoms with Gasteiger partial charge in [0.2, 0.25) is 5.91 Å². The molecule has 1 fully saturated rings. The van der Waals surface area contributed by atoms with E-state index in [0.29, 0.717) is 31.9 Å². The summed E-state index contributed by atoms with van der Waals surface area (Å²) in [6, 6.07) is 6.81. The molecule has 1 saturated heterocycles. The summed E-state index contributed by atoms with van der Waals surface area (Å²) in [5.41, 5.74) is -0.461. The molecule has 0 spiro atoms. The van der Waals surface area contributed by atoms with Crippen molar-refractivity contribution in [1.29, 1.82) is 5.26 Å². The highest BCUT2D eigenvalue weighted by atomic mass is 19.4. The predicted molar refractivity (Wildman–Crippen MR) is 94.5 cm³/mol. The lowest BCUT2D eigenvalue weighted by molar-refractivity contribution is -0.137. The molecular formula is C19H22F3N3O2. The quantitative estimate of drug-likeness (QED) is 0.682. The number of nitriles is 1. The van der Waals surface area contributed by atoms with Crippen LogP contribution in [0.25, 0.3) is 6.08 Å². The van der Waals surface area contributed by atoms with Crippen LogP contribution in [-0.2, 0) is 15.7 Å². The van der Waals surface area contributed by atoms with Gasteiger partial charge in [0, 0.05) is 38.8 Å². The Labute approximate surface area is 156 Å². The van der Waals surface area contributed by atoms with Gasteiger partial charge < -0.3 is 9.64 Å². The van der Waals surface area contributed by atoms with Crippen molar-refractivity contribution in [1.82, 2.24) is 9.80 Å². The van der Waals surface area contributed by atoms with Gasteiger partial charge in [0.1, 0.15) is 0 Å². The third-order valence-electron chi connectivity index (χ3n) is 4.23. The molecule has 1 aromatic rings. The SMILES string of the molecule is N#CCCN(CCN1CCOCC1)C(=O)/C=C/c1cccc(C(F)(F)F)c1. The Kier molecular flexibility index (Phi) is 7.82. The zero-order chi connectivity index (χ0) is 19.7. The van der Waals surface area contributed by atoms with E-state index in [1.807, 2.05) is 6.07 Å². The summed E-state index contributed by atoms with van der Waals surface area (Å²) in [6.07, 6.45) is -1.60. The van der Waals surface area contributed by atoms with E-state index in [1.54, 1.807) is 4.90 Å². The van der Waals surface area contributed by atoms with Gasteiger partial charge in [-0.05, 0) is 23.8 Å². The van der Waals surface area contributed by atoms with E-state index in [4.69, 9.17) is 10.00 Å². The predicted octanol–water partition coefficient (Wildman–Crippen LogP) is 2.79. The van der Waals surface area contributed by atoms with Gasteiger partial charge >= 0.3 is 6.18 Å². The molecule has 0 radical (unpaired) electrons. The van der Waals surface area contributed by atoms with Crippen LogP contribution in [0.1, 0.15) is 17.5 Å². The number of nitrogens with zero attached hydrogens (tertiary/aromatic N) is 3. The number of morpholine rings is 1. The zero-order valence-corrected chi connectivity index (χ0v) is 14.9. The van der Waals surface area contributed by atoms with Crippen LogP contribution >= 0.6 is 0 Å². The average molecular weight is 381 g/mol. The standard InChI is InChI=1S/C19H22F3N3O2/c20-19(21,22)17-4-1-3-16(15-17)5-6-18(26)25(8-2-7-23)10-9-24-11-13-27-14-12-24/h1,3-6,15H,2,8-14H2/b6-5+. The van der Waals surface area contributed by atoms with Crippen LogP contribution in [0.15, 0.2) is 30.3 Å². The van der Waals surface area contributed by atoms with Crippen molar-refractivity contribution in [2.45, 2.75) is 12.6 Å². The zero-order valence-electron chi connectivity index (χ0n) is 14.9. The van der Waals surface area contributed by atoms with Gasteiger partial charge in [-0.25, -0.2) is 0 Å². The Balaban J connectivity index is 1.99. The lowest BCUT2D eigenvalue weighted by Gasteiger charge is -2.29. The number of rotatable bonds is 7. The Morgan fingerprint density at radius 1 is 1.30 bits per heavy atom. The Morgan fingerprint density at radius 2 is 2.04 bits per heavy atom. The fourth-order valence-corrected chi connectivity index (χ4v) is 2.70. The Hall–Kier alpha value is -2.37. The molecule has 0 bridgehead atoms. The van der Waals surface area contributed by atoms with Crippen LogP contribution in [0, 0.1) is 11.3 Å². The molecule has 1 aromatic carbocycles. The number of alkyl halides is 3. The van der Waals surface area contributed by atoms with Gasteiger partial charge in [-0.15, -0.1) is 0 Å². The number of halogens is 3. The molecule has 1 aliphatic heterocycles. The van der Waals surface area contributed by atoms with Crippen molar-refractivity contribution >= 4 is 12.0 Å². The van der Waals surface area contributed by atoms with Crippen molar-refractivity contribution in [3.05, 3.63) is 41.5 Å². The first-order valence-corrected chi connectivity index (χ1v) is 8.71. The first-order chi connectivity index (χ1) is 12.9. The van der Waals surface area contributed by atoms with Gasteiger partial charge in [0.25, 0.3) is 0 Å². The lowest BCUT2D eigenvalue weighted by Crippen LogP contribution is -2.43. The highest BCUT2D eigenvalue weighted by molar-refractivity contribution is 5.91. The summed E-state index contributed by atoms with van der Waals surface area (Å²) in [5, 5.41) is 8.79. The van der Waals surface area contributed by atoms with E-state index in [9.17, 15) is 18.0 Å². The third-order valence-corrected chi connectivity index (χ3v) is 4.23. The van der Waals surface area contributed by atoms with Crippen molar-refractivity contribution in [3.8, 4) is 6.07 Å². The molecule has 8 heteroatoms. The van der Waals surface area contributed by atoms with E-state index in [-0.39, 0.29) is 18.9 Å². The topological polar surface area (TPSA) is 56.6 Å². The first kappa shape index (κ1) is 20.9. The molecule has 0 saturated carbocycles. The highest BCUT2D eigenvalue weighted by Crippen LogP contribution is 2.29. The largest absolute Gasteiger partial charge is 0.416 e. The molecule has 1 heterocycles. The van der Waals surface area contributed by atoms with E-state index in [2.05, 4.69) is 4.90 Å². The minimum atomic E-state index is -4.43. The van der Waals surface area contributed by atoms with Crippen molar-refractivity contribution in [2.75, 3.05) is 45.9 Å². The lowest BCUT2D eigenvalue weighted by atomic mass is 10.1. The van der Waals surface area contributed by atoms with Gasteiger partial charge in [0.05, 0.1) is 31.3 Å². The van der Waals surface area contributed by atoms with Gasteiger partial charge in [-0.3, -0.25) is 9.69 Å². The molecule has 27 heavy (non-hydrogen) atoms. The second-order valence-corrected chi connectivity index (χ2v) is 6.14. The number of hydrogen-bond donors (Lipinski definition) is 0. The van der Waals surface area contributed by atoms with Crippen LogP contribution in [-0.4, -0.2) is 61.6 Å². The van der Waals surface area contributed by atoms with E-state index >= 15 is 0 Å². The second kappa shape index (κ2) is 10.1. The highest BCUT2D eigenvalue weighted by Gasteiger charge is 2.30. The smallest absolute Gasteiger partial charge is 0.379 e. The number of hydrogen-bond acceptors (Lipinski definition) is 4. The maximum absolute atomic E-state index is 12.8.